The van der Waals surface area contributed by atoms with Gasteiger partial charge in [0.25, 0.3) is 5.91 Å². The Balaban J connectivity index is 1.31. The van der Waals surface area contributed by atoms with Gasteiger partial charge < -0.3 is 9.84 Å². The number of rotatable bonds is 4. The second-order valence-corrected chi connectivity index (χ2v) is 9.68. The topological polar surface area (TPSA) is 107 Å². The Morgan fingerprint density at radius 1 is 1.13 bits per heavy atom. The van der Waals surface area contributed by atoms with Crippen LogP contribution >= 0.6 is 0 Å². The third-order valence-electron chi connectivity index (χ3n) is 7.30. The van der Waals surface area contributed by atoms with Crippen LogP contribution < -0.4 is 5.32 Å². The summed E-state index contributed by atoms with van der Waals surface area (Å²) in [7, 11) is 0. The minimum atomic E-state index is -0.244. The molecule has 0 radical (unpaired) electrons. The fraction of sp³-hybridized carbons (Fsp3) is 0.478. The van der Waals surface area contributed by atoms with E-state index in [0.717, 1.165) is 43.4 Å². The molecule has 4 aliphatic carbocycles. The number of pyridine rings is 1. The maximum absolute atomic E-state index is 12.9. The van der Waals surface area contributed by atoms with E-state index in [-0.39, 0.29) is 16.9 Å². The summed E-state index contributed by atoms with van der Waals surface area (Å²) in [6.45, 7) is 1.95. The van der Waals surface area contributed by atoms with Crippen LogP contribution in [0.15, 0.2) is 41.4 Å². The van der Waals surface area contributed by atoms with Crippen LogP contribution in [0.25, 0.3) is 11.4 Å². The number of hydrogen-bond donors (Lipinski definition) is 1. The van der Waals surface area contributed by atoms with Crippen molar-refractivity contribution in [2.24, 2.45) is 11.8 Å². The summed E-state index contributed by atoms with van der Waals surface area (Å²) in [5.74, 6) is 2.28. The van der Waals surface area contributed by atoms with Crippen molar-refractivity contribution >= 4 is 5.91 Å². The third-order valence-corrected chi connectivity index (χ3v) is 7.30. The number of hydrogen-bond acceptors (Lipinski definition) is 7. The van der Waals surface area contributed by atoms with Crippen LogP contribution in [0.2, 0.25) is 0 Å². The standard InChI is InChI=1S/C23H24N6O2/c1-14-2-3-17(11-25-14)19-27-21(31-29-19)22-7-15-6-16(8-22)10-23(9-15,12-22)28-20(30)18-4-5-24-13-26-18/h2-5,11,13,15-16H,6-10,12H2,1H3,(H,28,30). The van der Waals surface area contributed by atoms with E-state index in [1.807, 2.05) is 19.1 Å². The molecule has 0 aromatic carbocycles. The van der Waals surface area contributed by atoms with Crippen molar-refractivity contribution in [3.8, 4) is 11.4 Å². The number of nitrogens with one attached hydrogen (secondary N) is 1. The molecule has 8 heteroatoms. The number of nitrogens with zero attached hydrogens (tertiary/aromatic N) is 5. The Kier molecular flexibility index (Phi) is 4.00. The highest BCUT2D eigenvalue weighted by atomic mass is 16.5. The highest BCUT2D eigenvalue weighted by molar-refractivity contribution is 5.92. The summed E-state index contributed by atoms with van der Waals surface area (Å²) in [5, 5.41) is 7.63. The zero-order chi connectivity index (χ0) is 21.1. The van der Waals surface area contributed by atoms with Crippen molar-refractivity contribution in [2.75, 3.05) is 0 Å². The first-order chi connectivity index (χ1) is 15.0. The van der Waals surface area contributed by atoms with Gasteiger partial charge in [-0.3, -0.25) is 9.78 Å². The van der Waals surface area contributed by atoms with Crippen molar-refractivity contribution in [3.05, 3.63) is 54.2 Å². The van der Waals surface area contributed by atoms with Gasteiger partial charge in [-0.25, -0.2) is 9.97 Å². The molecular weight excluding hydrogens is 392 g/mol. The van der Waals surface area contributed by atoms with Gasteiger partial charge in [0.2, 0.25) is 11.7 Å². The summed E-state index contributed by atoms with van der Waals surface area (Å²) in [5.41, 5.74) is 1.80. The highest BCUT2D eigenvalue weighted by Crippen LogP contribution is 2.62. The molecule has 158 valence electrons. The van der Waals surface area contributed by atoms with Crippen LogP contribution in [-0.4, -0.2) is 36.5 Å². The van der Waals surface area contributed by atoms with Crippen molar-refractivity contribution in [1.82, 2.24) is 30.4 Å². The summed E-state index contributed by atoms with van der Waals surface area (Å²) in [4.78, 5) is 30.1. The first-order valence-corrected chi connectivity index (χ1v) is 10.9. The number of carbonyl (C=O) groups is 1. The van der Waals surface area contributed by atoms with Crippen LogP contribution in [-0.2, 0) is 5.41 Å². The van der Waals surface area contributed by atoms with Crippen LogP contribution in [0.3, 0.4) is 0 Å². The number of amides is 1. The molecule has 4 saturated carbocycles. The predicted molar refractivity (Wildman–Crippen MR) is 111 cm³/mol. The quantitative estimate of drug-likeness (QED) is 0.696. The molecule has 0 saturated heterocycles. The zero-order valence-electron chi connectivity index (χ0n) is 17.4. The molecule has 7 rings (SSSR count). The van der Waals surface area contributed by atoms with Crippen molar-refractivity contribution in [3.63, 3.8) is 0 Å². The van der Waals surface area contributed by atoms with Crippen molar-refractivity contribution < 1.29 is 9.32 Å². The van der Waals surface area contributed by atoms with E-state index in [0.29, 0.717) is 29.2 Å². The molecule has 3 aromatic rings. The molecule has 4 fully saturated rings. The first kappa shape index (κ1) is 18.6. The Morgan fingerprint density at radius 2 is 1.97 bits per heavy atom. The average molecular weight is 416 g/mol. The second kappa shape index (κ2) is 6.67. The Bertz CT molecular complexity index is 1110. The highest BCUT2D eigenvalue weighted by Gasteiger charge is 2.61. The van der Waals surface area contributed by atoms with Gasteiger partial charge >= 0.3 is 0 Å². The number of aromatic nitrogens is 5. The zero-order valence-corrected chi connectivity index (χ0v) is 17.4. The fourth-order valence-electron chi connectivity index (χ4n) is 6.55. The SMILES string of the molecule is Cc1ccc(-c2noc(C34CC5CC(CC(NC(=O)c6ccncn6)(C5)C3)C4)n2)cn1. The Labute approximate surface area is 179 Å². The summed E-state index contributed by atoms with van der Waals surface area (Å²) in [6, 6.07) is 5.58. The van der Waals surface area contributed by atoms with E-state index >= 15 is 0 Å². The van der Waals surface area contributed by atoms with Crippen molar-refractivity contribution in [1.29, 1.82) is 0 Å². The molecule has 31 heavy (non-hydrogen) atoms. The van der Waals surface area contributed by atoms with Gasteiger partial charge in [-0.15, -0.1) is 0 Å². The Morgan fingerprint density at radius 3 is 2.68 bits per heavy atom. The molecule has 8 nitrogen and oxygen atoms in total. The molecule has 4 bridgehead atoms. The van der Waals surface area contributed by atoms with Crippen LogP contribution in [0, 0.1) is 18.8 Å². The van der Waals surface area contributed by atoms with Crippen LogP contribution in [0.4, 0.5) is 0 Å². The number of carbonyl (C=O) groups excluding carboxylic acids is 1. The lowest BCUT2D eigenvalue weighted by Crippen LogP contribution is -2.64. The molecule has 1 amide bonds. The normalized spacial score (nSPS) is 31.0. The van der Waals surface area contributed by atoms with Gasteiger partial charge in [-0.2, -0.15) is 4.98 Å². The molecule has 2 unspecified atom stereocenters. The van der Waals surface area contributed by atoms with Crippen molar-refractivity contribution in [2.45, 2.75) is 56.4 Å². The third kappa shape index (κ3) is 3.12. The molecular formula is C23H24N6O2. The van der Waals surface area contributed by atoms with Gasteiger partial charge in [0, 0.05) is 29.2 Å². The van der Waals surface area contributed by atoms with E-state index in [9.17, 15) is 4.79 Å². The van der Waals surface area contributed by atoms with E-state index in [4.69, 9.17) is 9.51 Å². The molecule has 3 heterocycles. The fourth-order valence-corrected chi connectivity index (χ4v) is 6.55. The van der Waals surface area contributed by atoms with E-state index in [1.54, 1.807) is 18.5 Å². The van der Waals surface area contributed by atoms with Crippen LogP contribution in [0.1, 0.15) is 60.6 Å². The monoisotopic (exact) mass is 416 g/mol. The summed E-state index contributed by atoms with van der Waals surface area (Å²) < 4.78 is 5.85. The number of aryl methyl sites for hydroxylation is 1. The maximum atomic E-state index is 12.9. The van der Waals surface area contributed by atoms with Crippen LogP contribution in [0.5, 0.6) is 0 Å². The maximum Gasteiger partial charge on any atom is 0.270 e. The minimum absolute atomic E-state index is 0.128. The van der Waals surface area contributed by atoms with Gasteiger partial charge in [0.05, 0.1) is 5.41 Å². The van der Waals surface area contributed by atoms with E-state index in [2.05, 4.69) is 25.4 Å². The molecule has 2 atom stereocenters. The summed E-state index contributed by atoms with van der Waals surface area (Å²) in [6.07, 6.45) is 10.9. The van der Waals surface area contributed by atoms with Gasteiger partial charge in [-0.05, 0) is 75.5 Å². The lowest BCUT2D eigenvalue weighted by Gasteiger charge is -2.60. The summed E-state index contributed by atoms with van der Waals surface area (Å²) >= 11 is 0. The lowest BCUT2D eigenvalue weighted by molar-refractivity contribution is -0.0489. The average Bonchev–Trinajstić information content (AvgIpc) is 3.25. The minimum Gasteiger partial charge on any atom is -0.345 e. The first-order valence-electron chi connectivity index (χ1n) is 10.9. The largest absolute Gasteiger partial charge is 0.345 e. The predicted octanol–water partition coefficient (Wildman–Crippen LogP) is 3.25. The molecule has 4 aliphatic rings. The lowest BCUT2D eigenvalue weighted by atomic mass is 9.46. The smallest absolute Gasteiger partial charge is 0.270 e. The van der Waals surface area contributed by atoms with Gasteiger partial charge in [0.1, 0.15) is 12.0 Å². The van der Waals surface area contributed by atoms with E-state index in [1.165, 1.54) is 12.7 Å². The molecule has 0 spiro atoms. The van der Waals surface area contributed by atoms with Gasteiger partial charge in [-0.1, -0.05) is 5.16 Å². The molecule has 1 N–H and O–H groups in total. The van der Waals surface area contributed by atoms with E-state index < -0.39 is 0 Å². The van der Waals surface area contributed by atoms with Gasteiger partial charge in [0.15, 0.2) is 0 Å². The molecule has 0 aliphatic heterocycles. The Hall–Kier alpha value is -3.16. The molecule has 3 aromatic heterocycles. The second-order valence-electron chi connectivity index (χ2n) is 9.68.